The van der Waals surface area contributed by atoms with Gasteiger partial charge in [0, 0.05) is 6.08 Å². The van der Waals surface area contributed by atoms with Gasteiger partial charge in [-0.3, -0.25) is 4.79 Å². The number of aryl methyl sites for hydroxylation is 1. The number of benzene rings is 2. The van der Waals surface area contributed by atoms with E-state index in [1.807, 2.05) is 60.0 Å². The number of terminal acetylenes is 1. The zero-order valence-corrected chi connectivity index (χ0v) is 14.1. The fourth-order valence-corrected chi connectivity index (χ4v) is 3.61. The maximum Gasteiger partial charge on any atom is 0.272 e. The molecule has 0 spiro atoms. The minimum atomic E-state index is -0.297. The van der Waals surface area contributed by atoms with Crippen LogP contribution in [0.4, 0.5) is 0 Å². The lowest BCUT2D eigenvalue weighted by Gasteiger charge is -2.02. The van der Waals surface area contributed by atoms with Gasteiger partial charge in [-0.05, 0) is 30.2 Å². The predicted octanol–water partition coefficient (Wildman–Crippen LogP) is 3.79. The lowest BCUT2D eigenvalue weighted by molar-refractivity contribution is -0.113. The second-order valence-corrected chi connectivity index (χ2v) is 6.30. The van der Waals surface area contributed by atoms with Crippen LogP contribution in [0.15, 0.2) is 59.6 Å². The highest BCUT2D eigenvalue weighted by atomic mass is 32.1. The number of nitrogens with zero attached hydrogens (tertiary/aromatic N) is 2. The second kappa shape index (κ2) is 7.12. The highest BCUT2D eigenvalue weighted by Gasteiger charge is 2.08. The fraction of sp³-hybridized carbons (Fsp3) is 0.100. The van der Waals surface area contributed by atoms with Gasteiger partial charge in [-0.25, -0.2) is 0 Å². The average Bonchev–Trinajstić information content (AvgIpc) is 2.93. The normalized spacial score (nSPS) is 11.9. The lowest BCUT2D eigenvalue weighted by atomic mass is 10.2. The molecule has 3 aromatic rings. The van der Waals surface area contributed by atoms with Crippen LogP contribution in [0.2, 0.25) is 0 Å². The second-order valence-electron chi connectivity index (χ2n) is 5.29. The molecule has 0 radical (unpaired) electrons. The van der Waals surface area contributed by atoms with Gasteiger partial charge in [-0.15, -0.1) is 6.42 Å². The summed E-state index contributed by atoms with van der Waals surface area (Å²) in [6.45, 7) is 2.42. The van der Waals surface area contributed by atoms with Gasteiger partial charge in [0.15, 0.2) is 4.80 Å². The van der Waals surface area contributed by atoms with Crippen LogP contribution in [0.3, 0.4) is 0 Å². The van der Waals surface area contributed by atoms with E-state index in [9.17, 15) is 4.79 Å². The zero-order valence-electron chi connectivity index (χ0n) is 13.3. The zero-order chi connectivity index (χ0) is 16.9. The lowest BCUT2D eigenvalue weighted by Crippen LogP contribution is -2.16. The molecule has 3 nitrogen and oxygen atoms in total. The number of aromatic nitrogens is 1. The van der Waals surface area contributed by atoms with Gasteiger partial charge in [0.05, 0.1) is 16.8 Å². The van der Waals surface area contributed by atoms with Crippen molar-refractivity contribution in [2.24, 2.45) is 4.99 Å². The number of rotatable bonds is 3. The average molecular weight is 332 g/mol. The van der Waals surface area contributed by atoms with E-state index >= 15 is 0 Å². The molecule has 0 atom stereocenters. The molecule has 3 rings (SSSR count). The Morgan fingerprint density at radius 2 is 2.04 bits per heavy atom. The van der Waals surface area contributed by atoms with Crippen LogP contribution in [0.1, 0.15) is 11.1 Å². The standard InChI is InChI=1S/C20H16N2OS/c1-3-14-22-19-15(2)8-7-11-17(19)24-20(22)21-18(23)13-12-16-9-5-4-6-10-16/h1,4-13H,14H2,2H3. The number of amides is 1. The Morgan fingerprint density at radius 3 is 2.79 bits per heavy atom. The van der Waals surface area contributed by atoms with Crippen molar-refractivity contribution in [3.63, 3.8) is 0 Å². The summed E-state index contributed by atoms with van der Waals surface area (Å²) in [5.41, 5.74) is 3.12. The van der Waals surface area contributed by atoms with E-state index in [2.05, 4.69) is 10.9 Å². The molecule has 2 aromatic carbocycles. The monoisotopic (exact) mass is 332 g/mol. The topological polar surface area (TPSA) is 34.4 Å². The predicted molar refractivity (Wildman–Crippen MR) is 99.4 cm³/mol. The maximum atomic E-state index is 12.2. The molecule has 0 bridgehead atoms. The Balaban J connectivity index is 2.02. The number of hydrogen-bond acceptors (Lipinski definition) is 2. The summed E-state index contributed by atoms with van der Waals surface area (Å²) in [5, 5.41) is 0. The Labute approximate surface area is 144 Å². The highest BCUT2D eigenvalue weighted by Crippen LogP contribution is 2.20. The molecule has 24 heavy (non-hydrogen) atoms. The van der Waals surface area contributed by atoms with Crippen LogP contribution < -0.4 is 4.80 Å². The van der Waals surface area contributed by atoms with Crippen molar-refractivity contribution in [3.05, 3.63) is 70.5 Å². The highest BCUT2D eigenvalue weighted by molar-refractivity contribution is 7.16. The van der Waals surface area contributed by atoms with Gasteiger partial charge >= 0.3 is 0 Å². The number of hydrogen-bond donors (Lipinski definition) is 0. The Bertz CT molecular complexity index is 1020. The molecular formula is C20H16N2OS. The van der Waals surface area contributed by atoms with Crippen molar-refractivity contribution in [1.29, 1.82) is 0 Å². The van der Waals surface area contributed by atoms with Gasteiger partial charge in [0.2, 0.25) is 0 Å². The SMILES string of the molecule is C#CCn1c(=NC(=O)C=Cc2ccccc2)sc2cccc(C)c21. The third-order valence-corrected chi connectivity index (χ3v) is 4.62. The molecule has 1 amide bonds. The molecule has 1 aromatic heterocycles. The summed E-state index contributed by atoms with van der Waals surface area (Å²) in [6.07, 6.45) is 8.73. The molecule has 0 fully saturated rings. The number of carbonyl (C=O) groups excluding carboxylic acids is 1. The third-order valence-electron chi connectivity index (χ3n) is 3.58. The third kappa shape index (κ3) is 3.37. The van der Waals surface area contributed by atoms with Gasteiger partial charge in [-0.1, -0.05) is 59.7 Å². The van der Waals surface area contributed by atoms with E-state index in [0.29, 0.717) is 11.3 Å². The number of thiazole rings is 1. The van der Waals surface area contributed by atoms with Crippen molar-refractivity contribution in [2.75, 3.05) is 0 Å². The van der Waals surface area contributed by atoms with E-state index < -0.39 is 0 Å². The van der Waals surface area contributed by atoms with Gasteiger partial charge in [0.25, 0.3) is 5.91 Å². The minimum absolute atomic E-state index is 0.297. The maximum absolute atomic E-state index is 12.2. The Hall–Kier alpha value is -2.90. The first-order chi connectivity index (χ1) is 11.7. The van der Waals surface area contributed by atoms with E-state index in [-0.39, 0.29) is 5.91 Å². The quantitative estimate of drug-likeness (QED) is 0.531. The Morgan fingerprint density at radius 1 is 1.25 bits per heavy atom. The van der Waals surface area contributed by atoms with Crippen LogP contribution in [0.5, 0.6) is 0 Å². The van der Waals surface area contributed by atoms with Crippen LogP contribution in [0, 0.1) is 19.3 Å². The van der Waals surface area contributed by atoms with Crippen molar-refractivity contribution < 1.29 is 4.79 Å². The molecule has 0 aliphatic rings. The summed E-state index contributed by atoms with van der Waals surface area (Å²) in [5.74, 6) is 2.34. The van der Waals surface area contributed by atoms with Crippen molar-refractivity contribution in [3.8, 4) is 12.3 Å². The van der Waals surface area contributed by atoms with Crippen LogP contribution >= 0.6 is 11.3 Å². The van der Waals surface area contributed by atoms with Crippen molar-refractivity contribution >= 4 is 33.5 Å². The van der Waals surface area contributed by atoms with Gasteiger partial charge < -0.3 is 4.57 Å². The van der Waals surface area contributed by atoms with E-state index in [1.165, 1.54) is 17.4 Å². The summed E-state index contributed by atoms with van der Waals surface area (Å²) < 4.78 is 2.99. The Kier molecular flexibility index (Phi) is 4.74. The van der Waals surface area contributed by atoms with E-state index in [4.69, 9.17) is 6.42 Å². The smallest absolute Gasteiger partial charge is 0.272 e. The molecular weight excluding hydrogens is 316 g/mol. The largest absolute Gasteiger partial charge is 0.304 e. The van der Waals surface area contributed by atoms with E-state index in [0.717, 1.165) is 21.3 Å². The van der Waals surface area contributed by atoms with Crippen LogP contribution in [-0.2, 0) is 11.3 Å². The number of carbonyl (C=O) groups is 1. The summed E-state index contributed by atoms with van der Waals surface area (Å²) >= 11 is 1.47. The van der Waals surface area contributed by atoms with Gasteiger partial charge in [-0.2, -0.15) is 4.99 Å². The van der Waals surface area contributed by atoms with Gasteiger partial charge in [0.1, 0.15) is 0 Å². The molecule has 0 aliphatic carbocycles. The van der Waals surface area contributed by atoms with E-state index in [1.54, 1.807) is 6.08 Å². The first-order valence-corrected chi connectivity index (χ1v) is 8.35. The fourth-order valence-electron chi connectivity index (χ4n) is 2.49. The molecule has 1 heterocycles. The minimum Gasteiger partial charge on any atom is -0.304 e. The first kappa shape index (κ1) is 16.0. The molecule has 0 saturated heterocycles. The summed E-state index contributed by atoms with van der Waals surface area (Å²) in [6, 6.07) is 15.7. The van der Waals surface area contributed by atoms with Crippen LogP contribution in [0.25, 0.3) is 16.3 Å². The van der Waals surface area contributed by atoms with Crippen molar-refractivity contribution in [1.82, 2.24) is 4.57 Å². The number of para-hydroxylation sites is 1. The van der Waals surface area contributed by atoms with Crippen molar-refractivity contribution in [2.45, 2.75) is 13.5 Å². The molecule has 118 valence electrons. The number of fused-ring (bicyclic) bond motifs is 1. The molecule has 0 aliphatic heterocycles. The molecule has 0 N–H and O–H groups in total. The first-order valence-electron chi connectivity index (χ1n) is 7.53. The summed E-state index contributed by atoms with van der Waals surface area (Å²) in [7, 11) is 0. The van der Waals surface area contributed by atoms with Crippen LogP contribution in [-0.4, -0.2) is 10.5 Å². The molecule has 0 saturated carbocycles. The summed E-state index contributed by atoms with van der Waals surface area (Å²) in [4.78, 5) is 17.0. The molecule has 4 heteroatoms. The molecule has 0 unspecified atom stereocenters.